The molecule has 2 aromatic rings. The van der Waals surface area contributed by atoms with Crippen LogP contribution in [0.25, 0.3) is 11.1 Å². The number of nitrogens with one attached hydrogen (secondary N) is 2. The van der Waals surface area contributed by atoms with Crippen LogP contribution in [0, 0.1) is 0 Å². The number of aliphatic carboxylic acids is 1. The second-order valence-corrected chi connectivity index (χ2v) is 8.74. The van der Waals surface area contributed by atoms with Gasteiger partial charge in [0, 0.05) is 18.5 Å². The Morgan fingerprint density at radius 3 is 2.32 bits per heavy atom. The molecule has 2 amide bonds. The number of carboxylic acid groups (broad SMARTS) is 1. The van der Waals surface area contributed by atoms with Crippen LogP contribution >= 0.6 is 0 Å². The molecule has 1 saturated heterocycles. The Bertz CT molecular complexity index is 1010. The third kappa shape index (κ3) is 5.39. The highest BCUT2D eigenvalue weighted by Crippen LogP contribution is 2.44. The molecule has 2 aromatic carbocycles. The number of hydrogen-bond donors (Lipinski definition) is 3. The van der Waals surface area contributed by atoms with Crippen molar-refractivity contribution in [1.29, 1.82) is 0 Å². The average Bonchev–Trinajstić information content (AvgIpc) is 3.44. The van der Waals surface area contributed by atoms with Crippen molar-refractivity contribution in [3.8, 4) is 11.1 Å². The minimum atomic E-state index is -0.954. The van der Waals surface area contributed by atoms with Crippen LogP contribution in [0.15, 0.2) is 48.5 Å². The molecule has 8 heteroatoms. The van der Waals surface area contributed by atoms with Gasteiger partial charge in [-0.25, -0.2) is 4.79 Å². The predicted octanol–water partition coefficient (Wildman–Crippen LogP) is 3.44. The van der Waals surface area contributed by atoms with E-state index >= 15 is 0 Å². The molecule has 0 spiro atoms. The van der Waals surface area contributed by atoms with E-state index in [-0.39, 0.29) is 37.5 Å². The van der Waals surface area contributed by atoms with E-state index in [0.29, 0.717) is 19.3 Å². The third-order valence-corrected chi connectivity index (χ3v) is 6.48. The minimum Gasteiger partial charge on any atom is -0.481 e. The van der Waals surface area contributed by atoms with Crippen molar-refractivity contribution in [2.75, 3.05) is 13.2 Å². The maximum absolute atomic E-state index is 12.4. The molecular weight excluding hydrogens is 436 g/mol. The van der Waals surface area contributed by atoms with Crippen molar-refractivity contribution >= 4 is 18.0 Å². The molecule has 3 N–H and O–H groups in total. The third-order valence-electron chi connectivity index (χ3n) is 6.48. The van der Waals surface area contributed by atoms with E-state index in [1.54, 1.807) is 0 Å². The van der Waals surface area contributed by atoms with Crippen LogP contribution in [0.3, 0.4) is 0 Å². The van der Waals surface area contributed by atoms with E-state index in [2.05, 4.69) is 34.9 Å². The summed E-state index contributed by atoms with van der Waals surface area (Å²) < 4.78 is 11.3. The lowest BCUT2D eigenvalue weighted by atomic mass is 9.98. The van der Waals surface area contributed by atoms with Crippen molar-refractivity contribution in [2.24, 2.45) is 0 Å². The number of alkyl carbamates (subject to hydrolysis) is 1. The molecule has 2 aliphatic rings. The Labute approximate surface area is 198 Å². The summed E-state index contributed by atoms with van der Waals surface area (Å²) in [6, 6.07) is 15.9. The van der Waals surface area contributed by atoms with Gasteiger partial charge in [0.25, 0.3) is 0 Å². The van der Waals surface area contributed by atoms with Gasteiger partial charge in [0.1, 0.15) is 12.7 Å². The Hall–Kier alpha value is -3.39. The van der Waals surface area contributed by atoms with Gasteiger partial charge in [0.2, 0.25) is 5.91 Å². The predicted molar refractivity (Wildman–Crippen MR) is 125 cm³/mol. The zero-order valence-corrected chi connectivity index (χ0v) is 19.2. The van der Waals surface area contributed by atoms with Crippen molar-refractivity contribution < 1.29 is 29.0 Å². The first-order valence-corrected chi connectivity index (χ1v) is 11.7. The topological polar surface area (TPSA) is 114 Å². The maximum Gasteiger partial charge on any atom is 0.407 e. The number of amides is 2. The van der Waals surface area contributed by atoms with Crippen LogP contribution in [-0.2, 0) is 19.1 Å². The highest BCUT2D eigenvalue weighted by Gasteiger charge is 2.32. The minimum absolute atomic E-state index is 0.00808. The van der Waals surface area contributed by atoms with E-state index in [1.165, 1.54) is 11.1 Å². The number of rotatable bonds is 9. The number of fused-ring (bicyclic) bond motifs is 3. The second kappa shape index (κ2) is 10.7. The van der Waals surface area contributed by atoms with Crippen molar-refractivity contribution in [3.63, 3.8) is 0 Å². The van der Waals surface area contributed by atoms with E-state index in [0.717, 1.165) is 11.1 Å². The van der Waals surface area contributed by atoms with E-state index in [4.69, 9.17) is 14.6 Å². The Balaban J connectivity index is 1.23. The van der Waals surface area contributed by atoms with E-state index < -0.39 is 24.2 Å². The lowest BCUT2D eigenvalue weighted by molar-refractivity contribution is -0.138. The molecule has 0 saturated carbocycles. The van der Waals surface area contributed by atoms with E-state index in [1.807, 2.05) is 31.2 Å². The van der Waals surface area contributed by atoms with Crippen molar-refractivity contribution in [2.45, 2.75) is 56.8 Å². The molecule has 1 fully saturated rings. The first-order chi connectivity index (χ1) is 16.5. The largest absolute Gasteiger partial charge is 0.481 e. The number of carboxylic acids is 1. The van der Waals surface area contributed by atoms with Crippen molar-refractivity contribution in [1.82, 2.24) is 10.6 Å². The molecule has 1 aliphatic carbocycles. The molecule has 180 valence electrons. The monoisotopic (exact) mass is 466 g/mol. The maximum atomic E-state index is 12.4. The summed E-state index contributed by atoms with van der Waals surface area (Å²) in [6.07, 6.45) is 0.0853. The summed E-state index contributed by atoms with van der Waals surface area (Å²) in [4.78, 5) is 35.6. The molecule has 1 aliphatic heterocycles. The number of hydrogen-bond acceptors (Lipinski definition) is 5. The molecule has 0 bridgehead atoms. The number of carbonyl (C=O) groups excluding carboxylic acids is 2. The molecule has 4 rings (SSSR count). The number of benzene rings is 2. The Morgan fingerprint density at radius 2 is 1.71 bits per heavy atom. The lowest BCUT2D eigenvalue weighted by Gasteiger charge is -2.19. The first-order valence-electron chi connectivity index (χ1n) is 11.7. The molecule has 34 heavy (non-hydrogen) atoms. The average molecular weight is 467 g/mol. The molecule has 2 unspecified atom stereocenters. The summed E-state index contributed by atoms with van der Waals surface area (Å²) in [5.74, 6) is -1.27. The Kier molecular flexibility index (Phi) is 7.47. The van der Waals surface area contributed by atoms with Gasteiger partial charge >= 0.3 is 12.1 Å². The number of carbonyl (C=O) groups is 3. The van der Waals surface area contributed by atoms with Crippen LogP contribution < -0.4 is 10.6 Å². The molecule has 0 aromatic heterocycles. The molecule has 3 atom stereocenters. The summed E-state index contributed by atoms with van der Waals surface area (Å²) in [6.45, 7) is 2.30. The van der Waals surface area contributed by atoms with Gasteiger partial charge in [0.15, 0.2) is 0 Å². The molecule has 1 heterocycles. The van der Waals surface area contributed by atoms with Crippen LogP contribution in [0.4, 0.5) is 4.79 Å². The van der Waals surface area contributed by atoms with Crippen molar-refractivity contribution in [3.05, 3.63) is 59.7 Å². The standard InChI is InChI=1S/C26H30N2O6/c1-2-16(13-24(29)30)28-25(31)23-12-11-17(34-23)14-27-26(32)33-15-22-20-9-5-3-7-18(20)19-8-4-6-10-21(19)22/h3-10,16-17,22-23H,2,11-15H2,1H3,(H,27,32)(H,28,31)(H,29,30)/t16-,17?,23?/m0/s1. The van der Waals surface area contributed by atoms with Crippen LogP contribution in [0.2, 0.25) is 0 Å². The van der Waals surface area contributed by atoms with Crippen LogP contribution in [0.5, 0.6) is 0 Å². The van der Waals surface area contributed by atoms with Gasteiger partial charge in [-0.1, -0.05) is 55.5 Å². The van der Waals surface area contributed by atoms with Gasteiger partial charge in [0.05, 0.1) is 12.5 Å². The van der Waals surface area contributed by atoms with Gasteiger partial charge in [-0.15, -0.1) is 0 Å². The lowest BCUT2D eigenvalue weighted by Crippen LogP contribution is -2.42. The van der Waals surface area contributed by atoms with Crippen LogP contribution in [0.1, 0.15) is 49.7 Å². The zero-order chi connectivity index (χ0) is 24.1. The second-order valence-electron chi connectivity index (χ2n) is 8.74. The van der Waals surface area contributed by atoms with Gasteiger partial charge in [-0.2, -0.15) is 0 Å². The van der Waals surface area contributed by atoms with Gasteiger partial charge in [-0.3, -0.25) is 9.59 Å². The summed E-state index contributed by atoms with van der Waals surface area (Å²) >= 11 is 0. The molecular formula is C26H30N2O6. The number of ether oxygens (including phenoxy) is 2. The molecule has 0 radical (unpaired) electrons. The highest BCUT2D eigenvalue weighted by atomic mass is 16.5. The molecule has 8 nitrogen and oxygen atoms in total. The fourth-order valence-electron chi connectivity index (χ4n) is 4.70. The highest BCUT2D eigenvalue weighted by molar-refractivity contribution is 5.82. The SMILES string of the molecule is CC[C@@H](CC(=O)O)NC(=O)C1CCC(CNC(=O)OCC2c3ccccc3-c3ccccc32)O1. The normalized spacial score (nSPS) is 19.7. The van der Waals surface area contributed by atoms with Gasteiger partial charge < -0.3 is 25.2 Å². The summed E-state index contributed by atoms with van der Waals surface area (Å²) in [5.41, 5.74) is 4.64. The van der Waals surface area contributed by atoms with Gasteiger partial charge in [-0.05, 0) is 41.5 Å². The van der Waals surface area contributed by atoms with E-state index in [9.17, 15) is 14.4 Å². The van der Waals surface area contributed by atoms with Crippen LogP contribution in [-0.4, -0.2) is 54.5 Å². The first kappa shape index (κ1) is 23.8. The fourth-order valence-corrected chi connectivity index (χ4v) is 4.70. The zero-order valence-electron chi connectivity index (χ0n) is 19.2. The summed E-state index contributed by atoms with van der Waals surface area (Å²) in [7, 11) is 0. The Morgan fingerprint density at radius 1 is 1.06 bits per heavy atom. The smallest absolute Gasteiger partial charge is 0.407 e. The quantitative estimate of drug-likeness (QED) is 0.522. The fraction of sp³-hybridized carbons (Fsp3) is 0.423. The summed E-state index contributed by atoms with van der Waals surface area (Å²) in [5, 5.41) is 14.4.